The van der Waals surface area contributed by atoms with Crippen molar-refractivity contribution in [1.29, 1.82) is 0 Å². The number of aromatic nitrogens is 1. The lowest BCUT2D eigenvalue weighted by Crippen LogP contribution is -2.36. The van der Waals surface area contributed by atoms with Crippen molar-refractivity contribution in [3.63, 3.8) is 0 Å². The van der Waals surface area contributed by atoms with Gasteiger partial charge in [0.05, 0.1) is 13.2 Å². The summed E-state index contributed by atoms with van der Waals surface area (Å²) in [4.78, 5) is 0. The van der Waals surface area contributed by atoms with Crippen LogP contribution in [-0.2, 0) is 6.54 Å². The molecule has 4 heteroatoms. The zero-order valence-corrected chi connectivity index (χ0v) is 12.3. The second-order valence-corrected chi connectivity index (χ2v) is 5.46. The minimum Gasteiger partial charge on any atom is -0.395 e. The fourth-order valence-corrected chi connectivity index (χ4v) is 2.00. The molecule has 2 aromatic rings. The van der Waals surface area contributed by atoms with Crippen LogP contribution < -0.4 is 5.32 Å². The molecule has 0 radical (unpaired) electrons. The van der Waals surface area contributed by atoms with Crippen molar-refractivity contribution in [3.8, 4) is 11.3 Å². The summed E-state index contributed by atoms with van der Waals surface area (Å²) in [5.41, 5.74) is 3.11. The summed E-state index contributed by atoms with van der Waals surface area (Å²) in [5.74, 6) is 1.15. The highest BCUT2D eigenvalue weighted by Gasteiger charge is 2.13. The molecule has 1 atom stereocenters. The minimum atomic E-state index is 0.0722. The monoisotopic (exact) mass is 274 g/mol. The van der Waals surface area contributed by atoms with E-state index in [0.717, 1.165) is 17.0 Å². The average Bonchev–Trinajstić information content (AvgIpc) is 2.89. The summed E-state index contributed by atoms with van der Waals surface area (Å²) < 4.78 is 5.33. The molecule has 108 valence electrons. The Bertz CT molecular complexity index is 532. The van der Waals surface area contributed by atoms with Crippen LogP contribution in [0.1, 0.15) is 25.2 Å². The number of nitrogens with zero attached hydrogens (tertiary/aromatic N) is 1. The molecule has 20 heavy (non-hydrogen) atoms. The van der Waals surface area contributed by atoms with E-state index in [9.17, 15) is 5.11 Å². The van der Waals surface area contributed by atoms with Crippen LogP contribution in [0, 0.1) is 12.8 Å². The number of rotatable bonds is 6. The first-order valence-corrected chi connectivity index (χ1v) is 6.97. The van der Waals surface area contributed by atoms with Gasteiger partial charge in [-0.05, 0) is 12.8 Å². The fraction of sp³-hybridized carbons (Fsp3) is 0.438. The van der Waals surface area contributed by atoms with Gasteiger partial charge in [0.15, 0.2) is 5.76 Å². The molecule has 0 aliphatic heterocycles. The van der Waals surface area contributed by atoms with Gasteiger partial charge in [-0.1, -0.05) is 48.8 Å². The molecule has 0 saturated heterocycles. The van der Waals surface area contributed by atoms with Crippen LogP contribution in [-0.4, -0.2) is 22.9 Å². The summed E-state index contributed by atoms with van der Waals surface area (Å²) in [6.07, 6.45) is 0. The lowest BCUT2D eigenvalue weighted by Gasteiger charge is -2.18. The van der Waals surface area contributed by atoms with E-state index < -0.39 is 0 Å². The maximum absolute atomic E-state index is 9.27. The molecule has 1 heterocycles. The first kappa shape index (κ1) is 14.8. The van der Waals surface area contributed by atoms with Crippen molar-refractivity contribution < 1.29 is 9.63 Å². The smallest absolute Gasteiger partial charge is 0.151 e. The number of benzene rings is 1. The van der Waals surface area contributed by atoms with Crippen molar-refractivity contribution >= 4 is 0 Å². The summed E-state index contributed by atoms with van der Waals surface area (Å²) >= 11 is 0. The Morgan fingerprint density at radius 2 is 1.95 bits per heavy atom. The molecule has 0 aliphatic rings. The molecule has 0 unspecified atom stereocenters. The number of nitrogens with one attached hydrogen (secondary N) is 1. The van der Waals surface area contributed by atoms with Gasteiger partial charge in [-0.2, -0.15) is 0 Å². The van der Waals surface area contributed by atoms with Gasteiger partial charge in [0.25, 0.3) is 0 Å². The number of hydrogen-bond acceptors (Lipinski definition) is 4. The van der Waals surface area contributed by atoms with E-state index in [0.29, 0.717) is 12.5 Å². The Hall–Kier alpha value is -1.65. The van der Waals surface area contributed by atoms with Crippen molar-refractivity contribution in [2.24, 2.45) is 5.92 Å². The van der Waals surface area contributed by atoms with Gasteiger partial charge in [0, 0.05) is 17.7 Å². The van der Waals surface area contributed by atoms with Gasteiger partial charge in [0.2, 0.25) is 0 Å². The standard InChI is InChI=1S/C16H22N2O2/c1-11(2)16(10-19)17-9-14-8-15(18-20-14)13-6-4-12(3)5-7-13/h4-8,11,16-17,19H,9-10H2,1-3H3/t16-/m1/s1. The third-order valence-electron chi connectivity index (χ3n) is 3.45. The van der Waals surface area contributed by atoms with Crippen LogP contribution in [0.25, 0.3) is 11.3 Å². The molecule has 0 spiro atoms. The van der Waals surface area contributed by atoms with Crippen LogP contribution in [0.5, 0.6) is 0 Å². The maximum Gasteiger partial charge on any atom is 0.151 e. The van der Waals surface area contributed by atoms with E-state index in [1.165, 1.54) is 5.56 Å². The molecule has 0 aliphatic carbocycles. The van der Waals surface area contributed by atoms with Gasteiger partial charge in [-0.15, -0.1) is 0 Å². The van der Waals surface area contributed by atoms with E-state index in [-0.39, 0.29) is 12.6 Å². The second kappa shape index (κ2) is 6.68. The van der Waals surface area contributed by atoms with Gasteiger partial charge >= 0.3 is 0 Å². The minimum absolute atomic E-state index is 0.0722. The molecule has 0 bridgehead atoms. The van der Waals surface area contributed by atoms with Crippen LogP contribution in [0.15, 0.2) is 34.9 Å². The van der Waals surface area contributed by atoms with Crippen molar-refractivity contribution in [1.82, 2.24) is 10.5 Å². The zero-order chi connectivity index (χ0) is 14.5. The number of hydrogen-bond donors (Lipinski definition) is 2. The normalized spacial score (nSPS) is 12.8. The van der Waals surface area contributed by atoms with Gasteiger partial charge in [0.1, 0.15) is 5.69 Å². The van der Waals surface area contributed by atoms with E-state index in [4.69, 9.17) is 4.52 Å². The largest absolute Gasteiger partial charge is 0.395 e. The van der Waals surface area contributed by atoms with Crippen LogP contribution in [0.3, 0.4) is 0 Å². The first-order valence-electron chi connectivity index (χ1n) is 6.97. The molecular formula is C16H22N2O2. The molecule has 1 aromatic carbocycles. The van der Waals surface area contributed by atoms with Gasteiger partial charge in [-0.25, -0.2) is 0 Å². The number of aliphatic hydroxyl groups excluding tert-OH is 1. The van der Waals surface area contributed by atoms with Crippen molar-refractivity contribution in [2.45, 2.75) is 33.4 Å². The van der Waals surface area contributed by atoms with E-state index >= 15 is 0 Å². The van der Waals surface area contributed by atoms with E-state index in [1.54, 1.807) is 0 Å². The third-order valence-corrected chi connectivity index (χ3v) is 3.45. The Kier molecular flexibility index (Phi) is 4.93. The lowest BCUT2D eigenvalue weighted by atomic mass is 10.1. The average molecular weight is 274 g/mol. The molecule has 0 amide bonds. The Labute approximate surface area is 119 Å². The third kappa shape index (κ3) is 3.68. The van der Waals surface area contributed by atoms with Crippen LogP contribution in [0.2, 0.25) is 0 Å². The van der Waals surface area contributed by atoms with Gasteiger partial charge in [-0.3, -0.25) is 0 Å². The predicted octanol–water partition coefficient (Wildman–Crippen LogP) is 2.76. The predicted molar refractivity (Wildman–Crippen MR) is 79.2 cm³/mol. The molecule has 0 fully saturated rings. The van der Waals surface area contributed by atoms with Crippen LogP contribution in [0.4, 0.5) is 0 Å². The zero-order valence-electron chi connectivity index (χ0n) is 12.3. The Morgan fingerprint density at radius 1 is 1.25 bits per heavy atom. The summed E-state index contributed by atoms with van der Waals surface area (Å²) in [7, 11) is 0. The summed E-state index contributed by atoms with van der Waals surface area (Å²) in [6, 6.07) is 10.2. The highest BCUT2D eigenvalue weighted by Crippen LogP contribution is 2.19. The molecular weight excluding hydrogens is 252 g/mol. The maximum atomic E-state index is 9.27. The SMILES string of the molecule is Cc1ccc(-c2cc(CN[C@H](CO)C(C)C)on2)cc1. The Morgan fingerprint density at radius 3 is 2.55 bits per heavy atom. The van der Waals surface area contributed by atoms with Crippen LogP contribution >= 0.6 is 0 Å². The topological polar surface area (TPSA) is 58.3 Å². The molecule has 1 aromatic heterocycles. The molecule has 4 nitrogen and oxygen atoms in total. The molecule has 2 N–H and O–H groups in total. The van der Waals surface area contributed by atoms with Crippen molar-refractivity contribution in [2.75, 3.05) is 6.61 Å². The summed E-state index contributed by atoms with van der Waals surface area (Å²) in [5, 5.41) is 16.6. The first-order chi connectivity index (χ1) is 9.60. The fourth-order valence-electron chi connectivity index (χ4n) is 2.00. The number of aliphatic hydroxyl groups is 1. The van der Waals surface area contributed by atoms with E-state index in [2.05, 4.69) is 43.4 Å². The van der Waals surface area contributed by atoms with E-state index in [1.807, 2.05) is 18.2 Å². The highest BCUT2D eigenvalue weighted by atomic mass is 16.5. The molecule has 0 saturated carbocycles. The number of aryl methyl sites for hydroxylation is 1. The molecule has 2 rings (SSSR count). The second-order valence-electron chi connectivity index (χ2n) is 5.46. The lowest BCUT2D eigenvalue weighted by molar-refractivity contribution is 0.206. The Balaban J connectivity index is 2.00. The quantitative estimate of drug-likeness (QED) is 0.850. The highest BCUT2D eigenvalue weighted by molar-refractivity contribution is 5.59. The summed E-state index contributed by atoms with van der Waals surface area (Å²) in [6.45, 7) is 6.90. The van der Waals surface area contributed by atoms with Crippen molar-refractivity contribution in [3.05, 3.63) is 41.7 Å². The van der Waals surface area contributed by atoms with Gasteiger partial charge < -0.3 is 14.9 Å².